The summed E-state index contributed by atoms with van der Waals surface area (Å²) in [7, 11) is 0. The van der Waals surface area contributed by atoms with Crippen molar-refractivity contribution in [3.63, 3.8) is 0 Å². The van der Waals surface area contributed by atoms with E-state index in [-0.39, 0.29) is 5.60 Å². The first-order chi connectivity index (χ1) is 9.83. The molecule has 4 nitrogen and oxygen atoms in total. The second kappa shape index (κ2) is 6.29. The molecule has 1 aromatic heterocycles. The van der Waals surface area contributed by atoms with Crippen molar-refractivity contribution in [2.75, 3.05) is 26.4 Å². The summed E-state index contributed by atoms with van der Waals surface area (Å²) in [4.78, 5) is 0. The van der Waals surface area contributed by atoms with E-state index in [1.54, 1.807) is 6.26 Å². The lowest BCUT2D eigenvalue weighted by Gasteiger charge is -2.40. The van der Waals surface area contributed by atoms with Gasteiger partial charge in [0.05, 0.1) is 24.7 Å². The molecule has 3 rings (SSSR count). The maximum atomic E-state index is 6.05. The first-order valence-corrected chi connectivity index (χ1v) is 7.80. The Morgan fingerprint density at radius 1 is 1.45 bits per heavy atom. The molecule has 4 heteroatoms. The Labute approximate surface area is 120 Å². The van der Waals surface area contributed by atoms with E-state index in [0.29, 0.717) is 12.0 Å². The van der Waals surface area contributed by atoms with Gasteiger partial charge in [-0.2, -0.15) is 0 Å². The van der Waals surface area contributed by atoms with Gasteiger partial charge in [-0.05, 0) is 37.8 Å². The quantitative estimate of drug-likeness (QED) is 0.900. The Morgan fingerprint density at radius 2 is 2.40 bits per heavy atom. The SMILES string of the molecule is CCCNC(c1ccoc1)C1CCOC2(CCOC2)C1. The molecule has 2 aliphatic heterocycles. The standard InChI is InChI=1S/C16H25NO3/c1-2-6-17-15(14-3-7-18-11-14)13-4-8-20-16(10-13)5-9-19-12-16/h3,7,11,13,15,17H,2,4-6,8-10,12H2,1H3. The first kappa shape index (κ1) is 14.1. The molecule has 20 heavy (non-hydrogen) atoms. The highest BCUT2D eigenvalue weighted by molar-refractivity contribution is 5.14. The molecule has 2 saturated heterocycles. The van der Waals surface area contributed by atoms with Crippen LogP contribution in [0.5, 0.6) is 0 Å². The zero-order valence-electron chi connectivity index (χ0n) is 12.3. The molecular weight excluding hydrogens is 254 g/mol. The molecule has 0 aromatic carbocycles. The van der Waals surface area contributed by atoms with Crippen molar-refractivity contribution in [1.82, 2.24) is 5.32 Å². The molecule has 2 fully saturated rings. The van der Waals surface area contributed by atoms with Crippen LogP contribution < -0.4 is 5.32 Å². The molecule has 0 radical (unpaired) electrons. The van der Waals surface area contributed by atoms with Gasteiger partial charge in [0.1, 0.15) is 0 Å². The van der Waals surface area contributed by atoms with Gasteiger partial charge in [-0.15, -0.1) is 0 Å². The van der Waals surface area contributed by atoms with E-state index in [2.05, 4.69) is 18.3 Å². The summed E-state index contributed by atoms with van der Waals surface area (Å²) in [5.74, 6) is 0.592. The highest BCUT2D eigenvalue weighted by Crippen LogP contribution is 2.41. The van der Waals surface area contributed by atoms with Crippen molar-refractivity contribution in [2.45, 2.75) is 44.2 Å². The largest absolute Gasteiger partial charge is 0.472 e. The van der Waals surface area contributed by atoms with Crippen LogP contribution in [0, 0.1) is 5.92 Å². The van der Waals surface area contributed by atoms with Gasteiger partial charge < -0.3 is 19.2 Å². The topological polar surface area (TPSA) is 43.6 Å². The summed E-state index contributed by atoms with van der Waals surface area (Å²) in [5.41, 5.74) is 1.23. The summed E-state index contributed by atoms with van der Waals surface area (Å²) >= 11 is 0. The maximum absolute atomic E-state index is 6.05. The van der Waals surface area contributed by atoms with Crippen LogP contribution in [0.1, 0.15) is 44.2 Å². The molecule has 0 aliphatic carbocycles. The van der Waals surface area contributed by atoms with E-state index < -0.39 is 0 Å². The van der Waals surface area contributed by atoms with Crippen LogP contribution in [-0.4, -0.2) is 32.0 Å². The van der Waals surface area contributed by atoms with Crippen molar-refractivity contribution >= 4 is 0 Å². The first-order valence-electron chi connectivity index (χ1n) is 7.80. The molecule has 3 heterocycles. The van der Waals surface area contributed by atoms with Gasteiger partial charge in [-0.25, -0.2) is 0 Å². The summed E-state index contributed by atoms with van der Waals surface area (Å²) in [6.07, 6.45) is 8.01. The van der Waals surface area contributed by atoms with E-state index >= 15 is 0 Å². The fraction of sp³-hybridized carbons (Fsp3) is 0.750. The van der Waals surface area contributed by atoms with Gasteiger partial charge in [0.2, 0.25) is 0 Å². The van der Waals surface area contributed by atoms with Crippen molar-refractivity contribution in [1.29, 1.82) is 0 Å². The molecular formula is C16H25NO3. The Balaban J connectivity index is 1.72. The van der Waals surface area contributed by atoms with E-state index in [1.807, 2.05) is 6.26 Å². The second-order valence-corrected chi connectivity index (χ2v) is 6.08. The average Bonchev–Trinajstić information content (AvgIpc) is 3.12. The van der Waals surface area contributed by atoms with Crippen LogP contribution in [0.15, 0.2) is 23.0 Å². The van der Waals surface area contributed by atoms with Crippen LogP contribution in [0.25, 0.3) is 0 Å². The van der Waals surface area contributed by atoms with Crippen LogP contribution in [0.3, 0.4) is 0 Å². The van der Waals surface area contributed by atoms with Crippen molar-refractivity contribution < 1.29 is 13.9 Å². The van der Waals surface area contributed by atoms with Crippen molar-refractivity contribution in [2.24, 2.45) is 5.92 Å². The zero-order valence-corrected chi connectivity index (χ0v) is 12.3. The third kappa shape index (κ3) is 2.92. The van der Waals surface area contributed by atoms with Gasteiger partial charge >= 0.3 is 0 Å². The predicted octanol–water partition coefficient (Wildman–Crippen LogP) is 2.91. The minimum Gasteiger partial charge on any atom is -0.472 e. The Kier molecular flexibility index (Phi) is 4.44. The van der Waals surface area contributed by atoms with Gasteiger partial charge in [0, 0.05) is 31.2 Å². The fourth-order valence-electron chi connectivity index (χ4n) is 3.52. The highest BCUT2D eigenvalue weighted by atomic mass is 16.6. The third-order valence-electron chi connectivity index (χ3n) is 4.59. The van der Waals surface area contributed by atoms with Crippen LogP contribution >= 0.6 is 0 Å². The molecule has 0 saturated carbocycles. The molecule has 1 spiro atoms. The minimum atomic E-state index is -0.0290. The summed E-state index contributed by atoms with van der Waals surface area (Å²) in [6, 6.07) is 2.45. The normalized spacial score (nSPS) is 31.8. The summed E-state index contributed by atoms with van der Waals surface area (Å²) in [5, 5.41) is 3.69. The van der Waals surface area contributed by atoms with E-state index in [0.717, 1.165) is 52.0 Å². The van der Waals surface area contributed by atoms with E-state index in [1.165, 1.54) is 5.56 Å². The van der Waals surface area contributed by atoms with Crippen LogP contribution in [-0.2, 0) is 9.47 Å². The van der Waals surface area contributed by atoms with Gasteiger partial charge in [0.25, 0.3) is 0 Å². The number of ether oxygens (including phenoxy) is 2. The summed E-state index contributed by atoms with van der Waals surface area (Å²) in [6.45, 7) is 5.68. The lowest BCUT2D eigenvalue weighted by Crippen LogP contribution is -2.44. The lowest BCUT2D eigenvalue weighted by atomic mass is 9.79. The molecule has 3 unspecified atom stereocenters. The zero-order chi connectivity index (χ0) is 13.8. The Bertz CT molecular complexity index is 398. The monoisotopic (exact) mass is 279 g/mol. The lowest BCUT2D eigenvalue weighted by molar-refractivity contribution is -0.103. The minimum absolute atomic E-state index is 0.0290. The maximum Gasteiger partial charge on any atom is 0.0950 e. The van der Waals surface area contributed by atoms with Gasteiger partial charge in [-0.3, -0.25) is 0 Å². The number of hydrogen-bond donors (Lipinski definition) is 1. The van der Waals surface area contributed by atoms with Crippen LogP contribution in [0.4, 0.5) is 0 Å². The van der Waals surface area contributed by atoms with Crippen molar-refractivity contribution in [3.05, 3.63) is 24.2 Å². The molecule has 0 amide bonds. The Morgan fingerprint density at radius 3 is 3.10 bits per heavy atom. The molecule has 3 atom stereocenters. The highest BCUT2D eigenvalue weighted by Gasteiger charge is 2.43. The molecule has 2 aliphatic rings. The second-order valence-electron chi connectivity index (χ2n) is 6.08. The van der Waals surface area contributed by atoms with Crippen molar-refractivity contribution in [3.8, 4) is 0 Å². The third-order valence-corrected chi connectivity index (χ3v) is 4.59. The number of furan rings is 1. The van der Waals surface area contributed by atoms with E-state index in [4.69, 9.17) is 13.9 Å². The predicted molar refractivity (Wildman–Crippen MR) is 76.6 cm³/mol. The van der Waals surface area contributed by atoms with E-state index in [9.17, 15) is 0 Å². The number of rotatable bonds is 5. The Hall–Kier alpha value is -0.840. The molecule has 1 N–H and O–H groups in total. The smallest absolute Gasteiger partial charge is 0.0950 e. The number of hydrogen-bond acceptors (Lipinski definition) is 4. The van der Waals surface area contributed by atoms with Gasteiger partial charge in [0.15, 0.2) is 0 Å². The molecule has 0 bridgehead atoms. The molecule has 112 valence electrons. The molecule has 1 aromatic rings. The number of nitrogens with one attached hydrogen (secondary N) is 1. The average molecular weight is 279 g/mol. The fourth-order valence-corrected chi connectivity index (χ4v) is 3.52. The summed E-state index contributed by atoms with van der Waals surface area (Å²) < 4.78 is 16.9. The van der Waals surface area contributed by atoms with Gasteiger partial charge in [-0.1, -0.05) is 6.92 Å². The van der Waals surface area contributed by atoms with Crippen LogP contribution in [0.2, 0.25) is 0 Å².